The lowest BCUT2D eigenvalue weighted by atomic mass is 10.0. The molecule has 0 aromatic carbocycles. The summed E-state index contributed by atoms with van der Waals surface area (Å²) in [5.74, 6) is 0.370. The summed E-state index contributed by atoms with van der Waals surface area (Å²) in [7, 11) is 0. The molecule has 0 unspecified atom stereocenters. The number of halogens is 3. The molecule has 1 rings (SSSR count). The molecule has 0 atom stereocenters. The van der Waals surface area contributed by atoms with Gasteiger partial charge in [0.15, 0.2) is 0 Å². The summed E-state index contributed by atoms with van der Waals surface area (Å²) in [5, 5.41) is 15.8. The maximum Gasteiger partial charge on any atom is 0.408 e. The monoisotopic (exact) mass is 260 g/mol. The number of aromatic nitrogens is 3. The topological polar surface area (TPSA) is 54.5 Å². The Bertz CT molecular complexity index is 428. The van der Waals surface area contributed by atoms with Gasteiger partial charge >= 0.3 is 6.18 Å². The van der Waals surface area contributed by atoms with Crippen LogP contribution in [0.4, 0.5) is 13.2 Å². The Hall–Kier alpha value is -1.58. The lowest BCUT2D eigenvalue weighted by molar-refractivity contribution is -0.143. The molecular weight excluding hydrogens is 245 g/mol. The van der Waals surface area contributed by atoms with E-state index in [1.54, 1.807) is 0 Å². The molecule has 1 aromatic heterocycles. The lowest BCUT2D eigenvalue weighted by Crippen LogP contribution is -2.21. The molecule has 4 nitrogen and oxygen atoms in total. The third-order valence-electron chi connectivity index (χ3n) is 2.45. The highest BCUT2D eigenvalue weighted by Crippen LogP contribution is 2.20. The zero-order valence-corrected chi connectivity index (χ0v) is 10.3. The summed E-state index contributed by atoms with van der Waals surface area (Å²) < 4.78 is 37.9. The van der Waals surface area contributed by atoms with Gasteiger partial charge in [-0.25, -0.2) is 4.68 Å². The minimum atomic E-state index is -4.33. The van der Waals surface area contributed by atoms with Crippen molar-refractivity contribution in [3.8, 4) is 6.07 Å². The second-order valence-electron chi connectivity index (χ2n) is 4.52. The zero-order chi connectivity index (χ0) is 13.8. The number of hydrogen-bond acceptors (Lipinski definition) is 3. The van der Waals surface area contributed by atoms with E-state index in [1.165, 1.54) is 0 Å². The second kappa shape index (κ2) is 5.85. The fraction of sp³-hybridized carbons (Fsp3) is 0.727. The quantitative estimate of drug-likeness (QED) is 0.817. The number of nitriles is 1. The van der Waals surface area contributed by atoms with Crippen molar-refractivity contribution in [3.05, 3.63) is 11.4 Å². The molecule has 0 aliphatic rings. The normalized spacial score (nSPS) is 11.8. The van der Waals surface area contributed by atoms with E-state index in [-0.39, 0.29) is 6.42 Å². The molecule has 0 N–H and O–H groups in total. The van der Waals surface area contributed by atoms with Crippen LogP contribution in [0.25, 0.3) is 0 Å². The summed E-state index contributed by atoms with van der Waals surface area (Å²) in [5.41, 5.74) is 0.768. The smallest absolute Gasteiger partial charge is 0.240 e. The molecule has 100 valence electrons. The van der Waals surface area contributed by atoms with E-state index in [1.807, 2.05) is 19.9 Å². The van der Waals surface area contributed by atoms with Gasteiger partial charge < -0.3 is 0 Å². The highest BCUT2D eigenvalue weighted by atomic mass is 19.4. The van der Waals surface area contributed by atoms with Crippen LogP contribution in [0.15, 0.2) is 0 Å². The van der Waals surface area contributed by atoms with Crippen molar-refractivity contribution in [1.29, 1.82) is 5.26 Å². The average Bonchev–Trinajstić information content (AvgIpc) is 2.56. The summed E-state index contributed by atoms with van der Waals surface area (Å²) in [6, 6.07) is 1.89. The van der Waals surface area contributed by atoms with Crippen molar-refractivity contribution in [1.82, 2.24) is 15.0 Å². The first-order valence-corrected chi connectivity index (χ1v) is 5.68. The van der Waals surface area contributed by atoms with E-state index in [0.717, 1.165) is 11.1 Å². The molecule has 0 spiro atoms. The van der Waals surface area contributed by atoms with Gasteiger partial charge in [0.1, 0.15) is 6.54 Å². The van der Waals surface area contributed by atoms with E-state index in [9.17, 15) is 13.2 Å². The molecule has 0 saturated heterocycles. The summed E-state index contributed by atoms with van der Waals surface area (Å²) in [6.07, 6.45) is -3.14. The van der Waals surface area contributed by atoms with Gasteiger partial charge in [0.2, 0.25) is 0 Å². The molecule has 0 saturated carbocycles. The van der Waals surface area contributed by atoms with Crippen LogP contribution in [0.1, 0.15) is 31.7 Å². The molecule has 0 amide bonds. The Balaban J connectivity index is 2.92. The van der Waals surface area contributed by atoms with E-state index in [2.05, 4.69) is 10.3 Å². The molecule has 0 fully saturated rings. The number of nitrogens with zero attached hydrogens (tertiary/aromatic N) is 4. The second-order valence-corrected chi connectivity index (χ2v) is 4.52. The van der Waals surface area contributed by atoms with E-state index >= 15 is 0 Å². The highest BCUT2D eigenvalue weighted by molar-refractivity contribution is 5.14. The predicted molar refractivity (Wildman–Crippen MR) is 58.6 cm³/mol. The number of hydrogen-bond donors (Lipinski definition) is 0. The Morgan fingerprint density at radius 1 is 1.39 bits per heavy atom. The van der Waals surface area contributed by atoms with Gasteiger partial charge in [-0.15, -0.1) is 5.10 Å². The Kier molecular flexibility index (Phi) is 4.70. The van der Waals surface area contributed by atoms with Crippen molar-refractivity contribution in [2.45, 2.75) is 45.8 Å². The van der Waals surface area contributed by atoms with Crippen molar-refractivity contribution >= 4 is 0 Å². The third kappa shape index (κ3) is 4.35. The summed E-state index contributed by atoms with van der Waals surface area (Å²) in [4.78, 5) is 0. The Morgan fingerprint density at radius 2 is 2.06 bits per heavy atom. The van der Waals surface area contributed by atoms with Gasteiger partial charge in [-0.05, 0) is 18.8 Å². The zero-order valence-electron chi connectivity index (χ0n) is 10.3. The first kappa shape index (κ1) is 14.5. The van der Waals surface area contributed by atoms with E-state index in [4.69, 9.17) is 5.26 Å². The maximum absolute atomic E-state index is 12.4. The fourth-order valence-electron chi connectivity index (χ4n) is 1.58. The fourth-order valence-corrected chi connectivity index (χ4v) is 1.58. The molecule has 0 radical (unpaired) electrons. The number of rotatable bonds is 5. The van der Waals surface area contributed by atoms with Crippen LogP contribution in [-0.4, -0.2) is 21.2 Å². The minimum absolute atomic E-state index is 0.00865. The van der Waals surface area contributed by atoms with Crippen LogP contribution < -0.4 is 0 Å². The Morgan fingerprint density at radius 3 is 2.56 bits per heavy atom. The average molecular weight is 260 g/mol. The van der Waals surface area contributed by atoms with Crippen LogP contribution in [0.2, 0.25) is 0 Å². The highest BCUT2D eigenvalue weighted by Gasteiger charge is 2.30. The van der Waals surface area contributed by atoms with Crippen molar-refractivity contribution in [2.75, 3.05) is 0 Å². The largest absolute Gasteiger partial charge is 0.408 e. The van der Waals surface area contributed by atoms with E-state index < -0.39 is 12.7 Å². The van der Waals surface area contributed by atoms with Crippen molar-refractivity contribution in [2.24, 2.45) is 5.92 Å². The molecule has 18 heavy (non-hydrogen) atoms. The van der Waals surface area contributed by atoms with E-state index in [0.29, 0.717) is 23.7 Å². The first-order chi connectivity index (χ1) is 8.33. The SMILES string of the molecule is CC(C)CCc1c(CC#N)nnn1CC(F)(F)F. The molecule has 1 heterocycles. The van der Waals surface area contributed by atoms with Gasteiger partial charge in [-0.2, -0.15) is 18.4 Å². The summed E-state index contributed by atoms with van der Waals surface area (Å²) in [6.45, 7) is 2.82. The van der Waals surface area contributed by atoms with Gasteiger partial charge in [-0.1, -0.05) is 19.1 Å². The van der Waals surface area contributed by atoms with Crippen LogP contribution in [0, 0.1) is 17.2 Å². The molecule has 0 aliphatic heterocycles. The standard InChI is InChI=1S/C11H15F3N4/c1-8(2)3-4-10-9(5-6-15)16-17-18(10)7-11(12,13)14/h8H,3-5,7H2,1-2H3. The maximum atomic E-state index is 12.4. The predicted octanol–water partition coefficient (Wildman–Crippen LogP) is 2.50. The van der Waals surface area contributed by atoms with Crippen molar-refractivity contribution < 1.29 is 13.2 Å². The van der Waals surface area contributed by atoms with Gasteiger partial charge in [0.05, 0.1) is 23.9 Å². The van der Waals surface area contributed by atoms with Crippen LogP contribution in [0.3, 0.4) is 0 Å². The third-order valence-corrected chi connectivity index (χ3v) is 2.45. The molecule has 0 bridgehead atoms. The molecule has 7 heteroatoms. The molecule has 0 aliphatic carbocycles. The molecule has 1 aromatic rings. The van der Waals surface area contributed by atoms with Crippen LogP contribution >= 0.6 is 0 Å². The van der Waals surface area contributed by atoms with Gasteiger partial charge in [0.25, 0.3) is 0 Å². The van der Waals surface area contributed by atoms with Gasteiger partial charge in [-0.3, -0.25) is 0 Å². The van der Waals surface area contributed by atoms with Crippen LogP contribution in [-0.2, 0) is 19.4 Å². The van der Waals surface area contributed by atoms with Crippen molar-refractivity contribution in [3.63, 3.8) is 0 Å². The Labute approximate surface area is 103 Å². The minimum Gasteiger partial charge on any atom is -0.240 e. The molecular formula is C11H15F3N4. The summed E-state index contributed by atoms with van der Waals surface area (Å²) >= 11 is 0. The number of alkyl halides is 3. The first-order valence-electron chi connectivity index (χ1n) is 5.68. The van der Waals surface area contributed by atoms with Crippen LogP contribution in [0.5, 0.6) is 0 Å². The van der Waals surface area contributed by atoms with Gasteiger partial charge in [0, 0.05) is 0 Å². The lowest BCUT2D eigenvalue weighted by Gasteiger charge is -2.11.